The molecule has 4 heteroatoms. The molecule has 2 rings (SSSR count). The summed E-state index contributed by atoms with van der Waals surface area (Å²) in [5.74, 6) is 0.443. The van der Waals surface area contributed by atoms with Gasteiger partial charge in [0.15, 0.2) is 0 Å². The van der Waals surface area contributed by atoms with Gasteiger partial charge >= 0.3 is 5.97 Å². The minimum atomic E-state index is -0.644. The van der Waals surface area contributed by atoms with Gasteiger partial charge in [-0.1, -0.05) is 13.8 Å². The number of hydrogen-bond donors (Lipinski definition) is 2. The van der Waals surface area contributed by atoms with Gasteiger partial charge in [-0.05, 0) is 38.0 Å². The molecule has 2 aliphatic rings. The highest BCUT2D eigenvalue weighted by molar-refractivity contribution is 8.00. The van der Waals surface area contributed by atoms with Crippen molar-refractivity contribution in [3.05, 3.63) is 0 Å². The first-order chi connectivity index (χ1) is 8.08. The van der Waals surface area contributed by atoms with Crippen LogP contribution in [0.3, 0.4) is 0 Å². The van der Waals surface area contributed by atoms with E-state index in [1.807, 2.05) is 0 Å². The minimum Gasteiger partial charge on any atom is -0.480 e. The number of hydrogen-bond acceptors (Lipinski definition) is 3. The average Bonchev–Trinajstić information content (AvgIpc) is 3.15. The van der Waals surface area contributed by atoms with E-state index in [4.69, 9.17) is 0 Å². The minimum absolute atomic E-state index is 0.358. The van der Waals surface area contributed by atoms with E-state index in [9.17, 15) is 9.90 Å². The zero-order valence-electron chi connectivity index (χ0n) is 10.7. The molecule has 2 saturated carbocycles. The van der Waals surface area contributed by atoms with Crippen LogP contribution in [-0.4, -0.2) is 33.7 Å². The van der Waals surface area contributed by atoms with Crippen molar-refractivity contribution in [2.45, 2.75) is 62.8 Å². The van der Waals surface area contributed by atoms with Gasteiger partial charge in [-0.3, -0.25) is 10.1 Å². The van der Waals surface area contributed by atoms with E-state index in [1.165, 1.54) is 0 Å². The number of aliphatic carboxylic acids is 1. The van der Waals surface area contributed by atoms with Gasteiger partial charge in [-0.2, -0.15) is 11.8 Å². The lowest BCUT2D eigenvalue weighted by molar-refractivity contribution is -0.145. The van der Waals surface area contributed by atoms with Crippen LogP contribution in [0.2, 0.25) is 0 Å². The highest BCUT2D eigenvalue weighted by Gasteiger charge is 2.53. The lowest BCUT2D eigenvalue weighted by Crippen LogP contribution is -2.57. The predicted octanol–water partition coefficient (Wildman–Crippen LogP) is 2.50. The summed E-state index contributed by atoms with van der Waals surface area (Å²) in [5.41, 5.74) is -0.644. The Labute approximate surface area is 108 Å². The summed E-state index contributed by atoms with van der Waals surface area (Å²) >= 11 is 1.81. The molecule has 0 aliphatic heterocycles. The monoisotopic (exact) mass is 257 g/mol. The molecule has 2 aliphatic carbocycles. The maximum atomic E-state index is 11.7. The van der Waals surface area contributed by atoms with Gasteiger partial charge in [0.1, 0.15) is 5.54 Å². The Hall–Kier alpha value is -0.220. The SMILES string of the molecule is CCC(C)SCC(NC1CC1)(C(=O)O)C1CC1. The molecule has 2 fully saturated rings. The molecule has 0 aromatic heterocycles. The van der Waals surface area contributed by atoms with Gasteiger partial charge in [-0.15, -0.1) is 0 Å². The molecule has 0 aromatic rings. The smallest absolute Gasteiger partial charge is 0.325 e. The third-order valence-corrected chi connectivity index (χ3v) is 5.39. The summed E-state index contributed by atoms with van der Waals surface area (Å²) in [6, 6.07) is 0.462. The quantitative estimate of drug-likeness (QED) is 0.701. The number of carboxylic acids is 1. The van der Waals surface area contributed by atoms with E-state index in [0.717, 1.165) is 37.9 Å². The second-order valence-electron chi connectivity index (χ2n) is 5.50. The molecule has 0 radical (unpaired) electrons. The molecule has 0 bridgehead atoms. The van der Waals surface area contributed by atoms with Gasteiger partial charge in [0.2, 0.25) is 0 Å². The Balaban J connectivity index is 2.00. The summed E-state index contributed by atoms with van der Waals surface area (Å²) in [5, 5.41) is 13.6. The average molecular weight is 257 g/mol. The Kier molecular flexibility index (Phi) is 4.03. The Bertz CT molecular complexity index is 289. The fourth-order valence-electron chi connectivity index (χ4n) is 2.14. The molecule has 2 atom stereocenters. The summed E-state index contributed by atoms with van der Waals surface area (Å²) in [7, 11) is 0. The van der Waals surface area contributed by atoms with Crippen molar-refractivity contribution in [2.75, 3.05) is 5.75 Å². The number of rotatable bonds is 8. The second-order valence-corrected chi connectivity index (χ2v) is 6.93. The number of nitrogens with one attached hydrogen (secondary N) is 1. The molecule has 98 valence electrons. The van der Waals surface area contributed by atoms with Crippen molar-refractivity contribution in [1.82, 2.24) is 5.32 Å². The fourth-order valence-corrected chi connectivity index (χ4v) is 3.36. The summed E-state index contributed by atoms with van der Waals surface area (Å²) < 4.78 is 0. The van der Waals surface area contributed by atoms with E-state index < -0.39 is 11.5 Å². The summed E-state index contributed by atoms with van der Waals surface area (Å²) in [6.45, 7) is 4.34. The van der Waals surface area contributed by atoms with Crippen LogP contribution in [0.1, 0.15) is 46.0 Å². The maximum absolute atomic E-state index is 11.7. The lowest BCUT2D eigenvalue weighted by atomic mass is 9.95. The number of carbonyl (C=O) groups is 1. The van der Waals surface area contributed by atoms with Crippen molar-refractivity contribution in [3.8, 4) is 0 Å². The van der Waals surface area contributed by atoms with Crippen molar-refractivity contribution in [3.63, 3.8) is 0 Å². The topological polar surface area (TPSA) is 49.3 Å². The highest BCUT2D eigenvalue weighted by atomic mass is 32.2. The first-order valence-electron chi connectivity index (χ1n) is 6.71. The third-order valence-electron chi connectivity index (χ3n) is 3.87. The molecule has 0 saturated heterocycles. The Morgan fingerprint density at radius 3 is 2.53 bits per heavy atom. The molecule has 0 amide bonds. The van der Waals surface area contributed by atoms with Crippen LogP contribution < -0.4 is 5.32 Å². The van der Waals surface area contributed by atoms with Gasteiger partial charge in [0.05, 0.1) is 0 Å². The molecule has 0 aromatic carbocycles. The summed E-state index contributed by atoms with van der Waals surface area (Å²) in [6.07, 6.45) is 5.56. The van der Waals surface area contributed by atoms with Gasteiger partial charge in [0, 0.05) is 17.0 Å². The molecule has 2 unspecified atom stereocenters. The van der Waals surface area contributed by atoms with E-state index >= 15 is 0 Å². The largest absolute Gasteiger partial charge is 0.480 e. The molecule has 17 heavy (non-hydrogen) atoms. The van der Waals surface area contributed by atoms with Crippen molar-refractivity contribution in [2.24, 2.45) is 5.92 Å². The van der Waals surface area contributed by atoms with E-state index in [0.29, 0.717) is 17.2 Å². The normalized spacial score (nSPS) is 25.3. The standard InChI is InChI=1S/C13H23NO2S/c1-3-9(2)17-8-13(12(15)16,10-4-5-10)14-11-6-7-11/h9-11,14H,3-8H2,1-2H3,(H,15,16). The molecule has 0 spiro atoms. The Morgan fingerprint density at radius 2 is 2.12 bits per heavy atom. The number of carboxylic acid groups (broad SMARTS) is 1. The van der Waals surface area contributed by atoms with Crippen molar-refractivity contribution in [1.29, 1.82) is 0 Å². The van der Waals surface area contributed by atoms with Crippen LogP contribution in [0.5, 0.6) is 0 Å². The molecular weight excluding hydrogens is 234 g/mol. The fraction of sp³-hybridized carbons (Fsp3) is 0.923. The number of thioether (sulfide) groups is 1. The van der Waals surface area contributed by atoms with E-state index in [2.05, 4.69) is 19.2 Å². The first-order valence-corrected chi connectivity index (χ1v) is 7.76. The molecule has 0 heterocycles. The molecule has 2 N–H and O–H groups in total. The molecular formula is C13H23NO2S. The lowest BCUT2D eigenvalue weighted by Gasteiger charge is -2.31. The Morgan fingerprint density at radius 1 is 1.47 bits per heavy atom. The van der Waals surface area contributed by atoms with Crippen molar-refractivity contribution >= 4 is 17.7 Å². The second kappa shape index (κ2) is 5.19. The zero-order chi connectivity index (χ0) is 12.5. The van der Waals surface area contributed by atoms with Crippen LogP contribution in [0, 0.1) is 5.92 Å². The van der Waals surface area contributed by atoms with Crippen LogP contribution in [0.25, 0.3) is 0 Å². The van der Waals surface area contributed by atoms with Gasteiger partial charge in [-0.25, -0.2) is 0 Å². The summed E-state index contributed by atoms with van der Waals surface area (Å²) in [4.78, 5) is 11.7. The van der Waals surface area contributed by atoms with Crippen LogP contribution >= 0.6 is 11.8 Å². The van der Waals surface area contributed by atoms with Gasteiger partial charge < -0.3 is 5.11 Å². The zero-order valence-corrected chi connectivity index (χ0v) is 11.6. The van der Waals surface area contributed by atoms with Crippen molar-refractivity contribution < 1.29 is 9.90 Å². The maximum Gasteiger partial charge on any atom is 0.325 e. The van der Waals surface area contributed by atoms with Crippen LogP contribution in [-0.2, 0) is 4.79 Å². The first kappa shape index (κ1) is 13.2. The van der Waals surface area contributed by atoms with E-state index in [-0.39, 0.29) is 0 Å². The highest BCUT2D eigenvalue weighted by Crippen LogP contribution is 2.44. The van der Waals surface area contributed by atoms with Gasteiger partial charge in [0.25, 0.3) is 0 Å². The predicted molar refractivity (Wildman–Crippen MR) is 71.5 cm³/mol. The molecule has 3 nitrogen and oxygen atoms in total. The van der Waals surface area contributed by atoms with E-state index in [1.54, 1.807) is 11.8 Å². The van der Waals surface area contributed by atoms with Crippen LogP contribution in [0.4, 0.5) is 0 Å². The van der Waals surface area contributed by atoms with Crippen LogP contribution in [0.15, 0.2) is 0 Å². The third kappa shape index (κ3) is 3.16.